The Morgan fingerprint density at radius 2 is 2.08 bits per heavy atom. The first-order valence-corrected chi connectivity index (χ1v) is 9.91. The minimum absolute atomic E-state index is 0.255. The maximum absolute atomic E-state index is 9.48. The van der Waals surface area contributed by atoms with Gasteiger partial charge in [0, 0.05) is 56.6 Å². The zero-order valence-electron chi connectivity index (χ0n) is 14.4. The highest BCUT2D eigenvalue weighted by Gasteiger charge is 2.26. The number of rotatable bonds is 6. The third-order valence-electron chi connectivity index (χ3n) is 5.10. The van der Waals surface area contributed by atoms with Gasteiger partial charge in [-0.3, -0.25) is 9.80 Å². The van der Waals surface area contributed by atoms with E-state index in [1.54, 1.807) is 11.3 Å². The summed E-state index contributed by atoms with van der Waals surface area (Å²) >= 11 is 1.76. The van der Waals surface area contributed by atoms with Gasteiger partial charge >= 0.3 is 0 Å². The molecule has 2 aromatic heterocycles. The SMILES string of the molecule is OCC[C@H]1CN(Cc2cc3ccccc3[nH]2)CCN1Cc1ccsc1. The number of H-pyrrole nitrogens is 1. The molecule has 1 atom stereocenters. The Morgan fingerprint density at radius 1 is 1.16 bits per heavy atom. The van der Waals surface area contributed by atoms with E-state index in [0.29, 0.717) is 6.04 Å². The zero-order chi connectivity index (χ0) is 17.1. The van der Waals surface area contributed by atoms with Crippen LogP contribution in [0.2, 0.25) is 0 Å². The predicted molar refractivity (Wildman–Crippen MR) is 104 cm³/mol. The van der Waals surface area contributed by atoms with Gasteiger partial charge in [-0.1, -0.05) is 18.2 Å². The second-order valence-electron chi connectivity index (χ2n) is 6.89. The van der Waals surface area contributed by atoms with Crippen molar-refractivity contribution in [2.45, 2.75) is 25.6 Å². The van der Waals surface area contributed by atoms with E-state index in [4.69, 9.17) is 0 Å². The van der Waals surface area contributed by atoms with Gasteiger partial charge in [0.25, 0.3) is 0 Å². The van der Waals surface area contributed by atoms with Gasteiger partial charge in [-0.15, -0.1) is 0 Å². The number of hydrogen-bond acceptors (Lipinski definition) is 4. The van der Waals surface area contributed by atoms with Crippen LogP contribution < -0.4 is 0 Å². The number of hydrogen-bond donors (Lipinski definition) is 2. The molecule has 2 N–H and O–H groups in total. The molecule has 4 rings (SSSR count). The monoisotopic (exact) mass is 355 g/mol. The highest BCUT2D eigenvalue weighted by molar-refractivity contribution is 7.07. The van der Waals surface area contributed by atoms with E-state index in [1.165, 1.54) is 22.2 Å². The van der Waals surface area contributed by atoms with Crippen LogP contribution in [0.3, 0.4) is 0 Å². The summed E-state index contributed by atoms with van der Waals surface area (Å²) in [5, 5.41) is 15.1. The van der Waals surface area contributed by atoms with E-state index in [1.807, 2.05) is 0 Å². The van der Waals surface area contributed by atoms with Crippen LogP contribution in [0.4, 0.5) is 0 Å². The molecule has 132 valence electrons. The molecular formula is C20H25N3OS. The molecule has 1 aliphatic rings. The molecule has 4 nitrogen and oxygen atoms in total. The average molecular weight is 356 g/mol. The molecule has 0 amide bonds. The molecular weight excluding hydrogens is 330 g/mol. The average Bonchev–Trinajstić information content (AvgIpc) is 3.26. The lowest BCUT2D eigenvalue weighted by Crippen LogP contribution is -2.52. The predicted octanol–water partition coefficient (Wildman–Crippen LogP) is 3.30. The topological polar surface area (TPSA) is 42.5 Å². The van der Waals surface area contributed by atoms with Crippen LogP contribution in [0.1, 0.15) is 17.7 Å². The zero-order valence-corrected chi connectivity index (χ0v) is 15.2. The number of thiophene rings is 1. The van der Waals surface area contributed by atoms with Gasteiger partial charge in [-0.05, 0) is 46.3 Å². The number of aromatic amines is 1. The van der Waals surface area contributed by atoms with Gasteiger partial charge in [-0.25, -0.2) is 0 Å². The van der Waals surface area contributed by atoms with Crippen molar-refractivity contribution in [1.29, 1.82) is 0 Å². The van der Waals surface area contributed by atoms with E-state index < -0.39 is 0 Å². The number of para-hydroxylation sites is 1. The third-order valence-corrected chi connectivity index (χ3v) is 5.83. The van der Waals surface area contributed by atoms with Crippen molar-refractivity contribution in [1.82, 2.24) is 14.8 Å². The summed E-state index contributed by atoms with van der Waals surface area (Å²) in [6.45, 7) is 5.34. The van der Waals surface area contributed by atoms with Gasteiger partial charge in [0.15, 0.2) is 0 Å². The molecule has 0 saturated carbocycles. The maximum atomic E-state index is 9.48. The van der Waals surface area contributed by atoms with E-state index in [2.05, 4.69) is 61.9 Å². The number of piperazine rings is 1. The number of nitrogens with one attached hydrogen (secondary N) is 1. The number of aliphatic hydroxyl groups excluding tert-OH is 1. The van der Waals surface area contributed by atoms with E-state index in [0.717, 1.165) is 39.1 Å². The van der Waals surface area contributed by atoms with Crippen LogP contribution >= 0.6 is 11.3 Å². The van der Waals surface area contributed by atoms with Gasteiger partial charge in [0.1, 0.15) is 0 Å². The van der Waals surface area contributed by atoms with Crippen molar-refractivity contribution in [3.8, 4) is 0 Å². The number of benzene rings is 1. The molecule has 5 heteroatoms. The number of aliphatic hydroxyl groups is 1. The van der Waals surface area contributed by atoms with Gasteiger partial charge in [0.05, 0.1) is 0 Å². The van der Waals surface area contributed by atoms with Crippen molar-refractivity contribution >= 4 is 22.2 Å². The Morgan fingerprint density at radius 3 is 2.88 bits per heavy atom. The fourth-order valence-corrected chi connectivity index (χ4v) is 4.47. The quantitative estimate of drug-likeness (QED) is 0.713. The molecule has 1 aromatic carbocycles. The highest BCUT2D eigenvalue weighted by atomic mass is 32.1. The molecule has 0 bridgehead atoms. The summed E-state index contributed by atoms with van der Waals surface area (Å²) in [7, 11) is 0. The maximum Gasteiger partial charge on any atom is 0.0456 e. The Labute approximate surface area is 152 Å². The third kappa shape index (κ3) is 3.96. The van der Waals surface area contributed by atoms with Crippen LogP contribution in [0.15, 0.2) is 47.2 Å². The first-order valence-electron chi connectivity index (χ1n) is 8.97. The molecule has 0 unspecified atom stereocenters. The summed E-state index contributed by atoms with van der Waals surface area (Å²) in [5.41, 5.74) is 3.87. The molecule has 1 saturated heterocycles. The second kappa shape index (κ2) is 7.70. The van der Waals surface area contributed by atoms with E-state index in [-0.39, 0.29) is 6.61 Å². The molecule has 3 heterocycles. The van der Waals surface area contributed by atoms with Gasteiger partial charge in [-0.2, -0.15) is 11.3 Å². The first kappa shape index (κ1) is 16.8. The minimum atomic E-state index is 0.255. The van der Waals surface area contributed by atoms with E-state index in [9.17, 15) is 5.11 Å². The molecule has 3 aromatic rings. The summed E-state index contributed by atoms with van der Waals surface area (Å²) in [4.78, 5) is 8.57. The lowest BCUT2D eigenvalue weighted by Gasteiger charge is -2.41. The fraction of sp³-hybridized carbons (Fsp3) is 0.400. The lowest BCUT2D eigenvalue weighted by atomic mass is 10.1. The second-order valence-corrected chi connectivity index (χ2v) is 7.67. The van der Waals surface area contributed by atoms with Crippen molar-refractivity contribution in [2.75, 3.05) is 26.2 Å². The summed E-state index contributed by atoms with van der Waals surface area (Å²) < 4.78 is 0. The van der Waals surface area contributed by atoms with Crippen molar-refractivity contribution in [3.05, 3.63) is 58.4 Å². The molecule has 0 spiro atoms. The Bertz CT molecular complexity index is 765. The van der Waals surface area contributed by atoms with Crippen LogP contribution in [-0.2, 0) is 13.1 Å². The fourth-order valence-electron chi connectivity index (χ4n) is 3.81. The molecule has 1 fully saturated rings. The Kier molecular flexibility index (Phi) is 5.17. The lowest BCUT2D eigenvalue weighted by molar-refractivity contribution is 0.0496. The Hall–Kier alpha value is -1.66. The number of aromatic nitrogens is 1. The first-order chi connectivity index (χ1) is 12.3. The molecule has 25 heavy (non-hydrogen) atoms. The summed E-state index contributed by atoms with van der Waals surface area (Å²) in [5.74, 6) is 0. The van der Waals surface area contributed by atoms with E-state index >= 15 is 0 Å². The molecule has 0 aliphatic carbocycles. The van der Waals surface area contributed by atoms with Gasteiger partial charge < -0.3 is 10.1 Å². The molecule has 1 aliphatic heterocycles. The van der Waals surface area contributed by atoms with Crippen LogP contribution in [-0.4, -0.2) is 52.2 Å². The minimum Gasteiger partial charge on any atom is -0.396 e. The van der Waals surface area contributed by atoms with Crippen LogP contribution in [0.5, 0.6) is 0 Å². The Balaban J connectivity index is 1.42. The largest absolute Gasteiger partial charge is 0.396 e. The standard InChI is InChI=1S/C20H25N3OS/c24-9-5-19-14-22(7-8-23(19)12-16-6-10-25-15-16)13-18-11-17-3-1-2-4-20(17)21-18/h1-4,6,10-11,15,19,21,24H,5,7-9,12-14H2/t19-/m0/s1. The number of fused-ring (bicyclic) bond motifs is 1. The van der Waals surface area contributed by atoms with Crippen molar-refractivity contribution < 1.29 is 5.11 Å². The van der Waals surface area contributed by atoms with Crippen molar-refractivity contribution in [2.24, 2.45) is 0 Å². The smallest absolute Gasteiger partial charge is 0.0456 e. The molecule has 0 radical (unpaired) electrons. The number of nitrogens with zero attached hydrogens (tertiary/aromatic N) is 2. The van der Waals surface area contributed by atoms with Crippen LogP contribution in [0.25, 0.3) is 10.9 Å². The van der Waals surface area contributed by atoms with Gasteiger partial charge in [0.2, 0.25) is 0 Å². The highest BCUT2D eigenvalue weighted by Crippen LogP contribution is 2.21. The normalized spacial score (nSPS) is 19.6. The van der Waals surface area contributed by atoms with Crippen LogP contribution in [0, 0.1) is 0 Å². The summed E-state index contributed by atoms with van der Waals surface area (Å²) in [6.07, 6.45) is 0.841. The summed E-state index contributed by atoms with van der Waals surface area (Å²) in [6, 6.07) is 13.3. The van der Waals surface area contributed by atoms with Crippen molar-refractivity contribution in [3.63, 3.8) is 0 Å².